The van der Waals surface area contributed by atoms with Gasteiger partial charge in [0.05, 0.1) is 12.7 Å². The molecule has 2 N–H and O–H groups in total. The van der Waals surface area contributed by atoms with Crippen LogP contribution < -0.4 is 5.32 Å². The zero-order valence-corrected chi connectivity index (χ0v) is 10.5. The van der Waals surface area contributed by atoms with E-state index < -0.39 is 0 Å². The maximum Gasteiger partial charge on any atom is 0.0897 e. The van der Waals surface area contributed by atoms with E-state index >= 15 is 0 Å². The van der Waals surface area contributed by atoms with Crippen LogP contribution in [0.15, 0.2) is 0 Å². The molecule has 0 saturated heterocycles. The number of hydrogen-bond acceptors (Lipinski definition) is 3. The van der Waals surface area contributed by atoms with Crippen LogP contribution in [0.2, 0.25) is 0 Å². The summed E-state index contributed by atoms with van der Waals surface area (Å²) in [7, 11) is 0. The van der Waals surface area contributed by atoms with Crippen LogP contribution in [0.5, 0.6) is 0 Å². The third-order valence-electron chi connectivity index (χ3n) is 2.19. The van der Waals surface area contributed by atoms with E-state index in [0.717, 1.165) is 31.9 Å². The van der Waals surface area contributed by atoms with Gasteiger partial charge in [-0.05, 0) is 31.7 Å². The second-order valence-electron chi connectivity index (χ2n) is 4.47. The van der Waals surface area contributed by atoms with Crippen molar-refractivity contribution < 1.29 is 9.84 Å². The summed E-state index contributed by atoms with van der Waals surface area (Å²) in [6.45, 7) is 9.36. The molecule has 0 aromatic heterocycles. The lowest BCUT2D eigenvalue weighted by Crippen LogP contribution is -2.30. The molecule has 1 unspecified atom stereocenters. The van der Waals surface area contributed by atoms with E-state index in [0.29, 0.717) is 13.2 Å². The summed E-state index contributed by atoms with van der Waals surface area (Å²) in [6, 6.07) is 0. The van der Waals surface area contributed by atoms with Crippen molar-refractivity contribution in [2.24, 2.45) is 5.92 Å². The predicted molar refractivity (Wildman–Crippen MR) is 64.1 cm³/mol. The molecule has 15 heavy (non-hydrogen) atoms. The molecule has 92 valence electrons. The van der Waals surface area contributed by atoms with Crippen molar-refractivity contribution in [3.8, 4) is 0 Å². The molecule has 0 amide bonds. The lowest BCUT2D eigenvalue weighted by atomic mass is 10.1. The predicted octanol–water partition coefficient (Wildman–Crippen LogP) is 1.80. The first-order valence-corrected chi connectivity index (χ1v) is 6.13. The topological polar surface area (TPSA) is 41.5 Å². The highest BCUT2D eigenvalue weighted by molar-refractivity contribution is 4.57. The molecule has 0 spiro atoms. The van der Waals surface area contributed by atoms with E-state index in [-0.39, 0.29) is 6.10 Å². The van der Waals surface area contributed by atoms with Crippen LogP contribution in [-0.2, 0) is 4.74 Å². The van der Waals surface area contributed by atoms with E-state index in [1.54, 1.807) is 0 Å². The van der Waals surface area contributed by atoms with Crippen molar-refractivity contribution in [2.45, 2.75) is 46.1 Å². The van der Waals surface area contributed by atoms with E-state index in [2.05, 4.69) is 26.1 Å². The summed E-state index contributed by atoms with van der Waals surface area (Å²) < 4.78 is 5.39. The minimum absolute atomic E-state index is 0.365. The summed E-state index contributed by atoms with van der Waals surface area (Å²) in [5, 5.41) is 12.7. The number of nitrogens with one attached hydrogen (secondary N) is 1. The molecule has 0 rings (SSSR count). The molecule has 0 radical (unpaired) electrons. The maximum absolute atomic E-state index is 9.50. The van der Waals surface area contributed by atoms with Crippen molar-refractivity contribution in [1.82, 2.24) is 5.32 Å². The van der Waals surface area contributed by atoms with Gasteiger partial charge in [-0.3, -0.25) is 0 Å². The van der Waals surface area contributed by atoms with E-state index in [4.69, 9.17) is 4.74 Å². The molecular formula is C12H27NO2. The Balaban J connectivity index is 3.13. The van der Waals surface area contributed by atoms with Gasteiger partial charge in [-0.1, -0.05) is 20.8 Å². The van der Waals surface area contributed by atoms with Gasteiger partial charge in [0.1, 0.15) is 0 Å². The normalized spacial score (nSPS) is 13.4. The average Bonchev–Trinajstić information content (AvgIpc) is 2.17. The summed E-state index contributed by atoms with van der Waals surface area (Å²) in [5.41, 5.74) is 0. The molecule has 3 nitrogen and oxygen atoms in total. The van der Waals surface area contributed by atoms with Crippen LogP contribution in [-0.4, -0.2) is 37.5 Å². The highest BCUT2D eigenvalue weighted by atomic mass is 16.5. The van der Waals surface area contributed by atoms with Crippen LogP contribution in [0.25, 0.3) is 0 Å². The molecule has 0 aliphatic carbocycles. The Hall–Kier alpha value is -0.120. The third kappa shape index (κ3) is 11.8. The quantitative estimate of drug-likeness (QED) is 0.548. The standard InChI is InChI=1S/C12H27NO2/c1-4-7-13-9-12(14)10-15-8-5-6-11(2)3/h11-14H,4-10H2,1-3H3. The van der Waals surface area contributed by atoms with Gasteiger partial charge in [0.15, 0.2) is 0 Å². The molecule has 3 heteroatoms. The molecule has 0 bridgehead atoms. The Morgan fingerprint density at radius 2 is 2.07 bits per heavy atom. The molecule has 0 fully saturated rings. The zero-order chi connectivity index (χ0) is 11.5. The number of hydrogen-bond donors (Lipinski definition) is 2. The second-order valence-corrected chi connectivity index (χ2v) is 4.47. The van der Waals surface area contributed by atoms with Crippen LogP contribution in [0.4, 0.5) is 0 Å². The minimum atomic E-state index is -0.365. The Bertz CT molecular complexity index is 129. The van der Waals surface area contributed by atoms with Gasteiger partial charge in [-0.15, -0.1) is 0 Å². The Morgan fingerprint density at radius 3 is 2.67 bits per heavy atom. The first kappa shape index (κ1) is 14.9. The second kappa shape index (κ2) is 10.4. The molecule has 1 atom stereocenters. The van der Waals surface area contributed by atoms with Crippen molar-refractivity contribution >= 4 is 0 Å². The summed E-state index contributed by atoms with van der Waals surface area (Å²) >= 11 is 0. The fourth-order valence-corrected chi connectivity index (χ4v) is 1.32. The molecule has 0 heterocycles. The first-order valence-electron chi connectivity index (χ1n) is 6.13. The number of aliphatic hydroxyl groups is 1. The Morgan fingerprint density at radius 1 is 1.33 bits per heavy atom. The Labute approximate surface area is 94.2 Å². The monoisotopic (exact) mass is 217 g/mol. The highest BCUT2D eigenvalue weighted by Gasteiger charge is 2.02. The minimum Gasteiger partial charge on any atom is -0.389 e. The average molecular weight is 217 g/mol. The summed E-state index contributed by atoms with van der Waals surface area (Å²) in [4.78, 5) is 0. The van der Waals surface area contributed by atoms with Crippen molar-refractivity contribution in [3.63, 3.8) is 0 Å². The van der Waals surface area contributed by atoms with E-state index in [1.165, 1.54) is 6.42 Å². The van der Waals surface area contributed by atoms with Gasteiger partial charge in [0.2, 0.25) is 0 Å². The Kier molecular flexibility index (Phi) is 10.3. The van der Waals surface area contributed by atoms with Crippen molar-refractivity contribution in [1.29, 1.82) is 0 Å². The maximum atomic E-state index is 9.50. The van der Waals surface area contributed by atoms with Crippen LogP contribution in [0, 0.1) is 5.92 Å². The number of rotatable bonds is 10. The van der Waals surface area contributed by atoms with Crippen molar-refractivity contribution in [2.75, 3.05) is 26.3 Å². The van der Waals surface area contributed by atoms with Gasteiger partial charge in [0.25, 0.3) is 0 Å². The number of aliphatic hydroxyl groups excluding tert-OH is 1. The molecular weight excluding hydrogens is 190 g/mol. The van der Waals surface area contributed by atoms with Gasteiger partial charge >= 0.3 is 0 Å². The van der Waals surface area contributed by atoms with Gasteiger partial charge in [0, 0.05) is 13.2 Å². The number of ether oxygens (including phenoxy) is 1. The van der Waals surface area contributed by atoms with Gasteiger partial charge in [-0.2, -0.15) is 0 Å². The fourth-order valence-electron chi connectivity index (χ4n) is 1.32. The highest BCUT2D eigenvalue weighted by Crippen LogP contribution is 2.03. The van der Waals surface area contributed by atoms with Crippen LogP contribution in [0.1, 0.15) is 40.0 Å². The molecule has 0 saturated carbocycles. The molecule has 0 aliphatic heterocycles. The SMILES string of the molecule is CCCNCC(O)COCCCC(C)C. The summed E-state index contributed by atoms with van der Waals surface area (Å²) in [6.07, 6.45) is 3.02. The smallest absolute Gasteiger partial charge is 0.0897 e. The molecule has 0 aliphatic rings. The first-order chi connectivity index (χ1) is 7.16. The van der Waals surface area contributed by atoms with Gasteiger partial charge < -0.3 is 15.2 Å². The fraction of sp³-hybridized carbons (Fsp3) is 1.00. The van der Waals surface area contributed by atoms with E-state index in [1.807, 2.05) is 0 Å². The zero-order valence-electron chi connectivity index (χ0n) is 10.5. The van der Waals surface area contributed by atoms with Crippen molar-refractivity contribution in [3.05, 3.63) is 0 Å². The molecule has 0 aromatic rings. The van der Waals surface area contributed by atoms with Gasteiger partial charge in [-0.25, -0.2) is 0 Å². The lowest BCUT2D eigenvalue weighted by Gasteiger charge is -2.12. The van der Waals surface area contributed by atoms with Crippen LogP contribution in [0.3, 0.4) is 0 Å². The summed E-state index contributed by atoms with van der Waals surface area (Å²) in [5.74, 6) is 0.741. The van der Waals surface area contributed by atoms with Crippen LogP contribution >= 0.6 is 0 Å². The molecule has 0 aromatic carbocycles. The largest absolute Gasteiger partial charge is 0.389 e. The lowest BCUT2D eigenvalue weighted by molar-refractivity contribution is 0.0349. The third-order valence-corrected chi connectivity index (χ3v) is 2.19. The van der Waals surface area contributed by atoms with E-state index in [9.17, 15) is 5.11 Å².